The zero-order valence-electron chi connectivity index (χ0n) is 12.2. The summed E-state index contributed by atoms with van der Waals surface area (Å²) in [5, 5.41) is 11.6. The van der Waals surface area contributed by atoms with Gasteiger partial charge in [-0.3, -0.25) is 0 Å². The number of urea groups is 1. The number of aliphatic carboxylic acids is 1. The fraction of sp³-hybridized carbons (Fsp3) is 0.833. The molecule has 0 aromatic rings. The van der Waals surface area contributed by atoms with Crippen molar-refractivity contribution < 1.29 is 14.7 Å². The second-order valence-electron chi connectivity index (χ2n) is 4.70. The van der Waals surface area contributed by atoms with Crippen molar-refractivity contribution in [3.05, 3.63) is 0 Å². The summed E-state index contributed by atoms with van der Waals surface area (Å²) in [4.78, 5) is 26.4. The molecule has 0 aliphatic rings. The molecule has 2 N–H and O–H groups in total. The summed E-state index contributed by atoms with van der Waals surface area (Å²) in [6.45, 7) is 1.51. The third kappa shape index (κ3) is 8.72. The van der Waals surface area contributed by atoms with Crippen LogP contribution in [0.25, 0.3) is 0 Å². The van der Waals surface area contributed by atoms with Crippen LogP contribution in [0, 0.1) is 0 Å². The Labute approximate surface area is 119 Å². The first kappa shape index (κ1) is 18.0. The predicted octanol–water partition coefficient (Wildman–Crippen LogP) is 0.786. The first-order valence-electron chi connectivity index (χ1n) is 6.26. The molecule has 0 radical (unpaired) electrons. The highest BCUT2D eigenvalue weighted by Gasteiger charge is 2.20. The van der Waals surface area contributed by atoms with Crippen LogP contribution in [0.1, 0.15) is 12.8 Å². The van der Waals surface area contributed by atoms with Crippen LogP contribution in [0.3, 0.4) is 0 Å². The third-order valence-corrected chi connectivity index (χ3v) is 3.30. The van der Waals surface area contributed by atoms with E-state index in [0.717, 1.165) is 13.0 Å². The molecule has 0 saturated heterocycles. The molecule has 0 rings (SSSR count). The number of nitrogens with zero attached hydrogens (tertiary/aromatic N) is 2. The Morgan fingerprint density at radius 3 is 2.37 bits per heavy atom. The summed E-state index contributed by atoms with van der Waals surface area (Å²) < 4.78 is 0. The molecule has 19 heavy (non-hydrogen) atoms. The van der Waals surface area contributed by atoms with Crippen LogP contribution in [0.5, 0.6) is 0 Å². The quantitative estimate of drug-likeness (QED) is 0.657. The van der Waals surface area contributed by atoms with Crippen molar-refractivity contribution in [1.82, 2.24) is 15.1 Å². The second kappa shape index (κ2) is 9.91. The van der Waals surface area contributed by atoms with E-state index in [-0.39, 0.29) is 6.03 Å². The minimum atomic E-state index is -0.982. The van der Waals surface area contributed by atoms with Gasteiger partial charge in [0.1, 0.15) is 6.04 Å². The smallest absolute Gasteiger partial charge is 0.326 e. The van der Waals surface area contributed by atoms with E-state index < -0.39 is 12.0 Å². The van der Waals surface area contributed by atoms with Gasteiger partial charge in [0.2, 0.25) is 0 Å². The summed E-state index contributed by atoms with van der Waals surface area (Å²) >= 11 is 1.57. The van der Waals surface area contributed by atoms with E-state index in [1.54, 1.807) is 18.8 Å². The van der Waals surface area contributed by atoms with Gasteiger partial charge in [0.15, 0.2) is 0 Å². The lowest BCUT2D eigenvalue weighted by Crippen LogP contribution is -2.47. The highest BCUT2D eigenvalue weighted by molar-refractivity contribution is 7.98. The molecular weight excluding hydrogens is 266 g/mol. The maximum atomic E-state index is 11.8. The molecule has 0 aromatic heterocycles. The summed E-state index contributed by atoms with van der Waals surface area (Å²) in [5.74, 6) is -0.272. The highest BCUT2D eigenvalue weighted by Crippen LogP contribution is 2.02. The number of hydrogen-bond donors (Lipinski definition) is 2. The molecule has 0 unspecified atom stereocenters. The second-order valence-corrected chi connectivity index (χ2v) is 5.69. The van der Waals surface area contributed by atoms with E-state index in [2.05, 4.69) is 5.32 Å². The Kier molecular flexibility index (Phi) is 9.42. The van der Waals surface area contributed by atoms with Crippen molar-refractivity contribution in [1.29, 1.82) is 0 Å². The number of carbonyl (C=O) groups is 2. The van der Waals surface area contributed by atoms with E-state index in [1.807, 2.05) is 25.3 Å². The van der Waals surface area contributed by atoms with Crippen LogP contribution >= 0.6 is 11.8 Å². The molecule has 7 heteroatoms. The number of amides is 2. The number of thioether (sulfide) groups is 1. The van der Waals surface area contributed by atoms with Crippen molar-refractivity contribution in [3.8, 4) is 0 Å². The molecule has 0 aliphatic heterocycles. The van der Waals surface area contributed by atoms with Gasteiger partial charge in [0.05, 0.1) is 0 Å². The molecule has 112 valence electrons. The van der Waals surface area contributed by atoms with Gasteiger partial charge in [-0.1, -0.05) is 0 Å². The lowest BCUT2D eigenvalue weighted by molar-refractivity contribution is -0.139. The first-order chi connectivity index (χ1) is 8.88. The normalized spacial score (nSPS) is 12.3. The molecule has 0 saturated carbocycles. The molecule has 0 heterocycles. The predicted molar refractivity (Wildman–Crippen MR) is 78.8 cm³/mol. The Hall–Kier alpha value is -0.950. The standard InChI is InChI=1S/C12H25N3O3S/c1-14(2)7-5-8-15(3)12(18)13-10(11(16)17)6-9-19-4/h10H,5-9H2,1-4H3,(H,13,18)(H,16,17)/t10-/m1/s1. The zero-order valence-corrected chi connectivity index (χ0v) is 13.0. The first-order valence-corrected chi connectivity index (χ1v) is 7.66. The molecule has 0 aliphatic carbocycles. The van der Waals surface area contributed by atoms with Gasteiger partial charge in [-0.2, -0.15) is 11.8 Å². The van der Waals surface area contributed by atoms with E-state index in [4.69, 9.17) is 5.11 Å². The minimum absolute atomic E-state index is 0.327. The summed E-state index contributed by atoms with van der Waals surface area (Å²) in [5.41, 5.74) is 0. The number of rotatable bonds is 9. The van der Waals surface area contributed by atoms with E-state index in [9.17, 15) is 9.59 Å². The van der Waals surface area contributed by atoms with Crippen LogP contribution < -0.4 is 5.32 Å². The van der Waals surface area contributed by atoms with Crippen LogP contribution in [0.4, 0.5) is 4.79 Å². The fourth-order valence-electron chi connectivity index (χ4n) is 1.48. The number of carboxylic acids is 1. The van der Waals surface area contributed by atoms with E-state index in [1.165, 1.54) is 4.90 Å². The van der Waals surface area contributed by atoms with Gasteiger partial charge in [-0.25, -0.2) is 9.59 Å². The minimum Gasteiger partial charge on any atom is -0.480 e. The lowest BCUT2D eigenvalue weighted by atomic mass is 10.2. The Morgan fingerprint density at radius 1 is 1.26 bits per heavy atom. The van der Waals surface area contributed by atoms with Gasteiger partial charge < -0.3 is 20.2 Å². The summed E-state index contributed by atoms with van der Waals surface area (Å²) in [6.07, 6.45) is 3.21. The van der Waals surface area contributed by atoms with E-state index >= 15 is 0 Å². The van der Waals surface area contributed by atoms with Crippen LogP contribution in [-0.2, 0) is 4.79 Å². The molecule has 1 atom stereocenters. The Bertz CT molecular complexity index is 287. The maximum absolute atomic E-state index is 11.8. The average molecular weight is 291 g/mol. The molecule has 0 spiro atoms. The largest absolute Gasteiger partial charge is 0.480 e. The van der Waals surface area contributed by atoms with Gasteiger partial charge >= 0.3 is 12.0 Å². The van der Waals surface area contributed by atoms with Gasteiger partial charge in [0, 0.05) is 13.6 Å². The van der Waals surface area contributed by atoms with Crippen LogP contribution in [0.15, 0.2) is 0 Å². The highest BCUT2D eigenvalue weighted by atomic mass is 32.2. The maximum Gasteiger partial charge on any atom is 0.326 e. The third-order valence-electron chi connectivity index (χ3n) is 2.65. The molecule has 0 aromatic carbocycles. The van der Waals surface area contributed by atoms with Crippen molar-refractivity contribution in [2.45, 2.75) is 18.9 Å². The zero-order chi connectivity index (χ0) is 14.8. The number of hydrogen-bond acceptors (Lipinski definition) is 4. The van der Waals surface area contributed by atoms with Gasteiger partial charge in [-0.05, 0) is 45.5 Å². The molecule has 0 bridgehead atoms. The van der Waals surface area contributed by atoms with Crippen molar-refractivity contribution >= 4 is 23.8 Å². The lowest BCUT2D eigenvalue weighted by Gasteiger charge is -2.22. The van der Waals surface area contributed by atoms with Crippen molar-refractivity contribution in [3.63, 3.8) is 0 Å². The molecular formula is C12H25N3O3S. The van der Waals surface area contributed by atoms with Crippen molar-refractivity contribution in [2.24, 2.45) is 0 Å². The molecule has 6 nitrogen and oxygen atoms in total. The van der Waals surface area contributed by atoms with Crippen LogP contribution in [0.2, 0.25) is 0 Å². The Morgan fingerprint density at radius 2 is 1.89 bits per heavy atom. The SMILES string of the molecule is CSCC[C@@H](NC(=O)N(C)CCCN(C)C)C(=O)O. The average Bonchev–Trinajstić information content (AvgIpc) is 2.33. The Balaban J connectivity index is 4.12. The van der Waals surface area contributed by atoms with Gasteiger partial charge in [0.25, 0.3) is 0 Å². The van der Waals surface area contributed by atoms with Crippen molar-refractivity contribution in [2.75, 3.05) is 46.2 Å². The summed E-state index contributed by atoms with van der Waals surface area (Å²) in [7, 11) is 5.63. The number of carbonyl (C=O) groups excluding carboxylic acids is 1. The monoisotopic (exact) mass is 291 g/mol. The van der Waals surface area contributed by atoms with Crippen LogP contribution in [-0.4, -0.2) is 79.2 Å². The number of nitrogens with one attached hydrogen (secondary N) is 1. The topological polar surface area (TPSA) is 72.9 Å². The summed E-state index contributed by atoms with van der Waals surface area (Å²) in [6, 6.07) is -1.14. The van der Waals surface area contributed by atoms with Gasteiger partial charge in [-0.15, -0.1) is 0 Å². The number of carboxylic acid groups (broad SMARTS) is 1. The fourth-order valence-corrected chi connectivity index (χ4v) is 1.95. The molecule has 2 amide bonds. The van der Waals surface area contributed by atoms with E-state index in [0.29, 0.717) is 18.7 Å². The molecule has 0 fully saturated rings.